The number of hydrogen-bond donors (Lipinski definition) is 1. The molecule has 5 nitrogen and oxygen atoms in total. The quantitative estimate of drug-likeness (QED) is 0.282. The van der Waals surface area contributed by atoms with E-state index in [0.29, 0.717) is 0 Å². The van der Waals surface area contributed by atoms with Crippen molar-refractivity contribution >= 4 is 41.5 Å². The maximum atomic E-state index is 6.24. The van der Waals surface area contributed by atoms with E-state index in [1.165, 1.54) is 6.42 Å². The average Bonchev–Trinajstić information content (AvgIpc) is 2.61. The summed E-state index contributed by atoms with van der Waals surface area (Å²) in [4.78, 5) is 8.94. The van der Waals surface area contributed by atoms with Crippen molar-refractivity contribution in [2.45, 2.75) is 19.4 Å². The van der Waals surface area contributed by atoms with Crippen LogP contribution >= 0.6 is 35.6 Å². The van der Waals surface area contributed by atoms with Gasteiger partial charge in [-0.05, 0) is 31.0 Å². The molecule has 1 heterocycles. The van der Waals surface area contributed by atoms with Crippen LogP contribution < -0.4 is 5.32 Å². The Morgan fingerprint density at radius 1 is 1.28 bits per heavy atom. The van der Waals surface area contributed by atoms with Crippen molar-refractivity contribution < 1.29 is 4.74 Å². The number of ether oxygens (including phenoxy) is 1. The highest BCUT2D eigenvalue weighted by Gasteiger charge is 2.10. The van der Waals surface area contributed by atoms with Gasteiger partial charge < -0.3 is 15.0 Å². The van der Waals surface area contributed by atoms with Gasteiger partial charge in [0.05, 0.1) is 13.2 Å². The second kappa shape index (κ2) is 12.7. The zero-order valence-corrected chi connectivity index (χ0v) is 18.3. The van der Waals surface area contributed by atoms with E-state index in [2.05, 4.69) is 26.2 Å². The van der Waals surface area contributed by atoms with Crippen LogP contribution in [0.4, 0.5) is 0 Å². The summed E-state index contributed by atoms with van der Waals surface area (Å²) in [5.41, 5.74) is 1.11. The Morgan fingerprint density at radius 2 is 2.00 bits per heavy atom. The van der Waals surface area contributed by atoms with Gasteiger partial charge in [-0.3, -0.25) is 9.89 Å². The van der Waals surface area contributed by atoms with Gasteiger partial charge in [-0.15, -0.1) is 24.0 Å². The lowest BCUT2D eigenvalue weighted by Gasteiger charge is -2.26. The van der Waals surface area contributed by atoms with E-state index in [4.69, 9.17) is 16.3 Å². The van der Waals surface area contributed by atoms with E-state index >= 15 is 0 Å². The van der Waals surface area contributed by atoms with Crippen molar-refractivity contribution in [1.82, 2.24) is 15.1 Å². The molecule has 1 fully saturated rings. The lowest BCUT2D eigenvalue weighted by Crippen LogP contribution is -2.39. The second-order valence-electron chi connectivity index (χ2n) is 6.08. The van der Waals surface area contributed by atoms with E-state index in [0.717, 1.165) is 68.9 Å². The summed E-state index contributed by atoms with van der Waals surface area (Å²) in [7, 11) is 3.85. The standard InChI is InChI=1S/C18H29ClN4O.HI/c1-20-18(22(2)15-16-7-3-4-8-17(16)19)21-9-5-6-10-23-11-13-24-14-12-23;/h3-4,7-8H,5-6,9-15H2,1-2H3,(H,20,21);1H. The minimum atomic E-state index is 0. The summed E-state index contributed by atoms with van der Waals surface area (Å²) in [6.45, 7) is 6.71. The molecule has 1 N–H and O–H groups in total. The number of guanidine groups is 1. The van der Waals surface area contributed by atoms with E-state index in [9.17, 15) is 0 Å². The summed E-state index contributed by atoms with van der Waals surface area (Å²) < 4.78 is 5.37. The third-order valence-corrected chi connectivity index (χ3v) is 4.60. The van der Waals surface area contributed by atoms with Gasteiger partial charge in [0.2, 0.25) is 0 Å². The largest absolute Gasteiger partial charge is 0.379 e. The molecule has 0 aliphatic carbocycles. The fourth-order valence-electron chi connectivity index (χ4n) is 2.83. The summed E-state index contributed by atoms with van der Waals surface area (Å²) in [6.07, 6.45) is 2.33. The number of benzene rings is 1. The predicted molar refractivity (Wildman–Crippen MR) is 116 cm³/mol. The Kier molecular flexibility index (Phi) is 11.4. The molecule has 0 radical (unpaired) electrons. The van der Waals surface area contributed by atoms with Crippen molar-refractivity contribution in [2.24, 2.45) is 4.99 Å². The van der Waals surface area contributed by atoms with Crippen LogP contribution in [0.15, 0.2) is 29.3 Å². The van der Waals surface area contributed by atoms with Crippen LogP contribution in [-0.4, -0.2) is 69.2 Å². The Morgan fingerprint density at radius 3 is 2.68 bits per heavy atom. The van der Waals surface area contributed by atoms with Crippen molar-refractivity contribution in [3.8, 4) is 0 Å². The minimum Gasteiger partial charge on any atom is -0.379 e. The molecule has 1 aromatic carbocycles. The SMILES string of the molecule is CN=C(NCCCCN1CCOCC1)N(C)Cc1ccccc1Cl.I. The fraction of sp³-hybridized carbons (Fsp3) is 0.611. The molecule has 0 atom stereocenters. The normalized spacial score (nSPS) is 15.6. The Balaban J connectivity index is 0.00000312. The highest BCUT2D eigenvalue weighted by molar-refractivity contribution is 14.0. The van der Waals surface area contributed by atoms with Gasteiger partial charge in [0.15, 0.2) is 5.96 Å². The number of aliphatic imine (C=N–C) groups is 1. The Hall–Kier alpha value is -0.570. The van der Waals surface area contributed by atoms with Crippen LogP contribution in [0.5, 0.6) is 0 Å². The lowest BCUT2D eigenvalue weighted by molar-refractivity contribution is 0.0372. The van der Waals surface area contributed by atoms with E-state index in [-0.39, 0.29) is 24.0 Å². The maximum Gasteiger partial charge on any atom is 0.193 e. The summed E-state index contributed by atoms with van der Waals surface area (Å²) in [6, 6.07) is 7.94. The molecule has 0 amide bonds. The molecule has 0 saturated carbocycles. The van der Waals surface area contributed by atoms with Crippen molar-refractivity contribution in [3.63, 3.8) is 0 Å². The van der Waals surface area contributed by atoms with Gasteiger partial charge in [0.1, 0.15) is 0 Å². The molecule has 1 saturated heterocycles. The second-order valence-corrected chi connectivity index (χ2v) is 6.49. The molecule has 0 aromatic heterocycles. The molecule has 7 heteroatoms. The van der Waals surface area contributed by atoms with Crippen molar-refractivity contribution in [2.75, 3.05) is 53.5 Å². The Labute approximate surface area is 173 Å². The highest BCUT2D eigenvalue weighted by Crippen LogP contribution is 2.16. The number of nitrogens with zero attached hydrogens (tertiary/aromatic N) is 3. The smallest absolute Gasteiger partial charge is 0.193 e. The molecule has 1 aromatic rings. The van der Waals surface area contributed by atoms with Crippen LogP contribution in [0.1, 0.15) is 18.4 Å². The zero-order valence-electron chi connectivity index (χ0n) is 15.2. The van der Waals surface area contributed by atoms with Gasteiger partial charge in [-0.1, -0.05) is 29.8 Å². The van der Waals surface area contributed by atoms with Crippen LogP contribution in [0.3, 0.4) is 0 Å². The first-order valence-electron chi connectivity index (χ1n) is 8.66. The molecule has 1 aliphatic rings. The molecule has 0 unspecified atom stereocenters. The highest BCUT2D eigenvalue weighted by atomic mass is 127. The minimum absolute atomic E-state index is 0. The van der Waals surface area contributed by atoms with Crippen LogP contribution in [0.25, 0.3) is 0 Å². The zero-order chi connectivity index (χ0) is 17.2. The number of rotatable bonds is 7. The topological polar surface area (TPSA) is 40.1 Å². The molecule has 0 spiro atoms. The van der Waals surface area contributed by atoms with Crippen LogP contribution in [0.2, 0.25) is 5.02 Å². The van der Waals surface area contributed by atoms with Gasteiger partial charge in [0, 0.05) is 45.3 Å². The monoisotopic (exact) mass is 480 g/mol. The number of hydrogen-bond acceptors (Lipinski definition) is 3. The molecule has 25 heavy (non-hydrogen) atoms. The van der Waals surface area contributed by atoms with Crippen LogP contribution in [-0.2, 0) is 11.3 Å². The summed E-state index contributed by atoms with van der Waals surface area (Å²) in [5, 5.41) is 4.23. The molecule has 0 bridgehead atoms. The fourth-order valence-corrected chi connectivity index (χ4v) is 3.02. The molecular formula is C18H30ClIN4O. The van der Waals surface area contributed by atoms with Gasteiger partial charge >= 0.3 is 0 Å². The van der Waals surface area contributed by atoms with E-state index in [1.807, 2.05) is 32.3 Å². The van der Waals surface area contributed by atoms with E-state index in [1.54, 1.807) is 0 Å². The first-order chi connectivity index (χ1) is 11.7. The third kappa shape index (κ3) is 8.11. The average molecular weight is 481 g/mol. The van der Waals surface area contributed by atoms with Gasteiger partial charge in [-0.2, -0.15) is 0 Å². The van der Waals surface area contributed by atoms with Gasteiger partial charge in [0.25, 0.3) is 0 Å². The third-order valence-electron chi connectivity index (χ3n) is 4.23. The molecule has 2 rings (SSSR count). The number of unbranched alkanes of at least 4 members (excludes halogenated alkanes) is 1. The molecule has 142 valence electrons. The maximum absolute atomic E-state index is 6.24. The predicted octanol–water partition coefficient (Wildman–Crippen LogP) is 3.08. The van der Waals surface area contributed by atoms with Crippen LogP contribution in [0, 0.1) is 0 Å². The van der Waals surface area contributed by atoms with Crippen molar-refractivity contribution in [3.05, 3.63) is 34.9 Å². The Bertz CT molecular complexity index is 524. The molecule has 1 aliphatic heterocycles. The van der Waals surface area contributed by atoms with E-state index < -0.39 is 0 Å². The number of halogens is 2. The number of morpholine rings is 1. The lowest BCUT2D eigenvalue weighted by atomic mass is 10.2. The summed E-state index contributed by atoms with van der Waals surface area (Å²) in [5.74, 6) is 0.904. The first kappa shape index (κ1) is 22.5. The van der Waals surface area contributed by atoms with Gasteiger partial charge in [-0.25, -0.2) is 0 Å². The van der Waals surface area contributed by atoms with Crippen molar-refractivity contribution in [1.29, 1.82) is 0 Å². The molecular weight excluding hydrogens is 451 g/mol. The first-order valence-corrected chi connectivity index (χ1v) is 9.04. The number of nitrogens with one attached hydrogen (secondary N) is 1. The summed E-state index contributed by atoms with van der Waals surface area (Å²) >= 11 is 6.24.